The molecule has 0 saturated carbocycles. The van der Waals surface area contributed by atoms with Crippen LogP contribution < -0.4 is 5.73 Å². The first-order valence-electron chi connectivity index (χ1n) is 4.65. The number of halogens is 3. The van der Waals surface area contributed by atoms with Gasteiger partial charge in [-0.2, -0.15) is 13.2 Å². The van der Waals surface area contributed by atoms with Crippen molar-refractivity contribution in [1.29, 1.82) is 0 Å². The van der Waals surface area contributed by atoms with Gasteiger partial charge in [0.15, 0.2) is 0 Å². The summed E-state index contributed by atoms with van der Waals surface area (Å²) in [6.45, 7) is 5.65. The molecule has 0 fully saturated rings. The van der Waals surface area contributed by atoms with E-state index in [0.29, 0.717) is 6.61 Å². The lowest BCUT2D eigenvalue weighted by Gasteiger charge is -2.31. The summed E-state index contributed by atoms with van der Waals surface area (Å²) in [5.74, 6) is 0. The minimum atomic E-state index is -4.14. The van der Waals surface area contributed by atoms with Crippen molar-refractivity contribution in [2.75, 3.05) is 6.61 Å². The largest absolute Gasteiger partial charge is 0.389 e. The van der Waals surface area contributed by atoms with Crippen molar-refractivity contribution >= 4 is 0 Å². The second-order valence-electron chi connectivity index (χ2n) is 3.80. The molecule has 0 saturated heterocycles. The van der Waals surface area contributed by atoms with Gasteiger partial charge in [-0.05, 0) is 27.2 Å². The third-order valence-corrected chi connectivity index (χ3v) is 2.15. The number of nitrogens with two attached hydrogens (primary N) is 1. The highest BCUT2D eigenvalue weighted by molar-refractivity contribution is 4.83. The molecule has 0 aromatic carbocycles. The van der Waals surface area contributed by atoms with E-state index in [1.165, 1.54) is 0 Å². The summed E-state index contributed by atoms with van der Waals surface area (Å²) >= 11 is 0. The zero-order valence-corrected chi connectivity index (χ0v) is 8.82. The lowest BCUT2D eigenvalue weighted by Crippen LogP contribution is -2.45. The molecule has 0 aromatic heterocycles. The summed E-state index contributed by atoms with van der Waals surface area (Å²) in [4.78, 5) is 0. The first-order chi connectivity index (χ1) is 6.19. The zero-order valence-electron chi connectivity index (χ0n) is 8.82. The fourth-order valence-electron chi connectivity index (χ4n) is 1.15. The average molecular weight is 213 g/mol. The van der Waals surface area contributed by atoms with Crippen LogP contribution in [0.1, 0.15) is 33.6 Å². The molecule has 0 aromatic rings. The van der Waals surface area contributed by atoms with Gasteiger partial charge in [0.2, 0.25) is 0 Å². The predicted molar refractivity (Wildman–Crippen MR) is 49.0 cm³/mol. The van der Waals surface area contributed by atoms with Crippen LogP contribution in [0.4, 0.5) is 13.2 Å². The molecule has 1 atom stereocenters. The van der Waals surface area contributed by atoms with Gasteiger partial charge >= 0.3 is 6.18 Å². The fraction of sp³-hybridized carbons (Fsp3) is 1.00. The maximum absolute atomic E-state index is 11.9. The van der Waals surface area contributed by atoms with Crippen molar-refractivity contribution in [3.8, 4) is 0 Å². The lowest BCUT2D eigenvalue weighted by atomic mass is 9.95. The highest BCUT2D eigenvalue weighted by atomic mass is 19.4. The Bertz CT molecular complexity index is 168. The Kier molecular flexibility index (Phi) is 4.88. The fourth-order valence-corrected chi connectivity index (χ4v) is 1.15. The molecule has 0 amide bonds. The maximum atomic E-state index is 11.9. The topological polar surface area (TPSA) is 35.2 Å². The summed E-state index contributed by atoms with van der Waals surface area (Å²) in [5, 5.41) is 0. The Hall–Kier alpha value is -0.290. The van der Waals surface area contributed by atoms with E-state index in [9.17, 15) is 13.2 Å². The van der Waals surface area contributed by atoms with Crippen molar-refractivity contribution in [3.05, 3.63) is 0 Å². The van der Waals surface area contributed by atoms with Crippen LogP contribution >= 0.6 is 0 Å². The molecule has 5 heteroatoms. The first kappa shape index (κ1) is 13.7. The van der Waals surface area contributed by atoms with Crippen molar-refractivity contribution in [3.63, 3.8) is 0 Å². The molecule has 0 bridgehead atoms. The Balaban J connectivity index is 4.00. The summed E-state index contributed by atoms with van der Waals surface area (Å²) < 4.78 is 40.9. The van der Waals surface area contributed by atoms with Crippen molar-refractivity contribution < 1.29 is 17.9 Å². The van der Waals surface area contributed by atoms with Crippen LogP contribution in [0.3, 0.4) is 0 Å². The van der Waals surface area contributed by atoms with Crippen LogP contribution in [0.25, 0.3) is 0 Å². The third kappa shape index (κ3) is 5.44. The Morgan fingerprint density at radius 2 is 1.79 bits per heavy atom. The van der Waals surface area contributed by atoms with Crippen molar-refractivity contribution in [2.45, 2.75) is 51.4 Å². The molecule has 86 valence electrons. The molecule has 0 aliphatic carbocycles. The van der Waals surface area contributed by atoms with Crippen LogP contribution in [-0.2, 0) is 4.74 Å². The second kappa shape index (κ2) is 4.98. The highest BCUT2D eigenvalue weighted by Crippen LogP contribution is 2.25. The molecule has 0 spiro atoms. The van der Waals surface area contributed by atoms with E-state index in [-0.39, 0.29) is 6.42 Å². The number of alkyl halides is 3. The Morgan fingerprint density at radius 1 is 1.29 bits per heavy atom. The van der Waals surface area contributed by atoms with Crippen molar-refractivity contribution in [1.82, 2.24) is 0 Å². The number of rotatable bonds is 5. The van der Waals surface area contributed by atoms with E-state index in [4.69, 9.17) is 10.5 Å². The van der Waals surface area contributed by atoms with E-state index in [2.05, 4.69) is 0 Å². The van der Waals surface area contributed by atoms with Gasteiger partial charge in [0, 0.05) is 19.1 Å². The first-order valence-corrected chi connectivity index (χ1v) is 4.65. The molecule has 0 heterocycles. The molecule has 0 rings (SSSR count). The number of hydrogen-bond acceptors (Lipinski definition) is 2. The highest BCUT2D eigenvalue weighted by Gasteiger charge is 2.32. The SMILES string of the molecule is CCOC(C)(C)C(N)CCC(F)(F)F. The Morgan fingerprint density at radius 3 is 2.14 bits per heavy atom. The van der Waals surface area contributed by atoms with E-state index in [0.717, 1.165) is 0 Å². The molecule has 0 aliphatic heterocycles. The molecule has 2 nitrogen and oxygen atoms in total. The van der Waals surface area contributed by atoms with Gasteiger partial charge in [-0.1, -0.05) is 0 Å². The summed E-state index contributed by atoms with van der Waals surface area (Å²) in [6, 6.07) is -0.593. The van der Waals surface area contributed by atoms with E-state index in [1.54, 1.807) is 20.8 Å². The molecular formula is C9H18F3NO. The van der Waals surface area contributed by atoms with Crippen LogP contribution in [0.2, 0.25) is 0 Å². The minimum Gasteiger partial charge on any atom is -0.374 e. The van der Waals surface area contributed by atoms with Crippen LogP contribution in [0, 0.1) is 0 Å². The molecule has 0 aliphatic rings. The second-order valence-corrected chi connectivity index (χ2v) is 3.80. The standard InChI is InChI=1S/C9H18F3NO/c1-4-14-8(2,3)7(13)5-6-9(10,11)12/h7H,4-6,13H2,1-3H3. The van der Waals surface area contributed by atoms with Crippen molar-refractivity contribution in [2.24, 2.45) is 5.73 Å². The van der Waals surface area contributed by atoms with Gasteiger partial charge in [-0.15, -0.1) is 0 Å². The average Bonchev–Trinajstić information content (AvgIpc) is 1.98. The van der Waals surface area contributed by atoms with Gasteiger partial charge in [0.25, 0.3) is 0 Å². The summed E-state index contributed by atoms with van der Waals surface area (Å²) in [6.07, 6.45) is -5.10. The summed E-state index contributed by atoms with van der Waals surface area (Å²) in [5.41, 5.74) is 4.93. The number of ether oxygens (including phenoxy) is 1. The molecule has 1 unspecified atom stereocenters. The lowest BCUT2D eigenvalue weighted by molar-refractivity contribution is -0.140. The molecule has 14 heavy (non-hydrogen) atoms. The van der Waals surface area contributed by atoms with Gasteiger partial charge in [-0.25, -0.2) is 0 Å². The van der Waals surface area contributed by atoms with E-state index < -0.39 is 24.2 Å². The maximum Gasteiger partial charge on any atom is 0.389 e. The quantitative estimate of drug-likeness (QED) is 0.761. The Labute approximate surface area is 82.6 Å². The molecule has 2 N–H and O–H groups in total. The monoisotopic (exact) mass is 213 g/mol. The predicted octanol–water partition coefficient (Wildman–Crippen LogP) is 2.47. The van der Waals surface area contributed by atoms with Crippen LogP contribution in [-0.4, -0.2) is 24.4 Å². The zero-order chi connectivity index (χ0) is 11.4. The van der Waals surface area contributed by atoms with E-state index in [1.807, 2.05) is 0 Å². The van der Waals surface area contributed by atoms with Gasteiger partial charge in [0.05, 0.1) is 5.60 Å². The van der Waals surface area contributed by atoms with E-state index >= 15 is 0 Å². The normalized spacial score (nSPS) is 15.6. The minimum absolute atomic E-state index is 0.101. The molecular weight excluding hydrogens is 195 g/mol. The third-order valence-electron chi connectivity index (χ3n) is 2.15. The van der Waals surface area contributed by atoms with Crippen LogP contribution in [0.15, 0.2) is 0 Å². The van der Waals surface area contributed by atoms with Gasteiger partial charge in [-0.3, -0.25) is 0 Å². The molecule has 0 radical (unpaired) electrons. The summed E-state index contributed by atoms with van der Waals surface area (Å²) in [7, 11) is 0. The van der Waals surface area contributed by atoms with Crippen LogP contribution in [0.5, 0.6) is 0 Å². The smallest absolute Gasteiger partial charge is 0.374 e. The van der Waals surface area contributed by atoms with Gasteiger partial charge in [0.1, 0.15) is 0 Å². The number of hydrogen-bond donors (Lipinski definition) is 1. The van der Waals surface area contributed by atoms with Gasteiger partial charge < -0.3 is 10.5 Å².